The van der Waals surface area contributed by atoms with Gasteiger partial charge in [-0.15, -0.1) is 0 Å². The van der Waals surface area contributed by atoms with Gasteiger partial charge in [0, 0.05) is 50.6 Å². The van der Waals surface area contributed by atoms with E-state index in [9.17, 15) is 2.74 Å². The Hall–Kier alpha value is -7.62. The SMILES string of the molecule is [2H]c1c([2H])c(N(c2ccccc2)c2ccccc2)c([2H])c([2H])c1-c1ccc(-c2ccc(N(c3ccccc3)c3ccc4c5ccccc5n(-c5ccccc5)c4c3)cc2)cc1. The molecule has 0 saturated carbocycles. The molecule has 0 unspecified atom stereocenters. The number of nitrogens with zero attached hydrogens (tertiary/aromatic N) is 3. The number of fused-ring (bicyclic) bond motifs is 3. The molecule has 0 radical (unpaired) electrons. The summed E-state index contributed by atoms with van der Waals surface area (Å²) in [6.07, 6.45) is 0. The first-order valence-corrected chi connectivity index (χ1v) is 19.1. The molecule has 0 aliphatic heterocycles. The van der Waals surface area contributed by atoms with Crippen molar-refractivity contribution in [3.63, 3.8) is 0 Å². The number of anilines is 6. The van der Waals surface area contributed by atoms with Crippen LogP contribution in [-0.4, -0.2) is 4.57 Å². The highest BCUT2D eigenvalue weighted by atomic mass is 15.1. The molecule has 0 saturated heterocycles. The number of hydrogen-bond acceptors (Lipinski definition) is 2. The van der Waals surface area contributed by atoms with Gasteiger partial charge in [0.25, 0.3) is 0 Å². The van der Waals surface area contributed by atoms with Crippen molar-refractivity contribution >= 4 is 55.9 Å². The van der Waals surface area contributed by atoms with E-state index < -0.39 is 0 Å². The molecule has 57 heavy (non-hydrogen) atoms. The molecule has 0 atom stereocenters. The molecular formula is C54H39N3. The monoisotopic (exact) mass is 733 g/mol. The number of benzene rings is 9. The van der Waals surface area contributed by atoms with Crippen molar-refractivity contribution in [1.29, 1.82) is 0 Å². The average Bonchev–Trinajstić information content (AvgIpc) is 3.65. The van der Waals surface area contributed by atoms with Crippen LogP contribution in [0.1, 0.15) is 5.48 Å². The van der Waals surface area contributed by atoms with Gasteiger partial charge >= 0.3 is 0 Å². The van der Waals surface area contributed by atoms with Crippen LogP contribution in [0.3, 0.4) is 0 Å². The largest absolute Gasteiger partial charge is 0.311 e. The lowest BCUT2D eigenvalue weighted by molar-refractivity contribution is 1.18. The summed E-state index contributed by atoms with van der Waals surface area (Å²) in [7, 11) is 0. The zero-order valence-electron chi connectivity index (χ0n) is 35.0. The molecule has 9 aromatic carbocycles. The van der Waals surface area contributed by atoms with E-state index in [4.69, 9.17) is 2.74 Å². The van der Waals surface area contributed by atoms with Gasteiger partial charge in [-0.25, -0.2) is 0 Å². The molecule has 10 rings (SSSR count). The van der Waals surface area contributed by atoms with Crippen LogP contribution in [-0.2, 0) is 0 Å². The molecule has 1 aromatic heterocycles. The van der Waals surface area contributed by atoms with Crippen molar-refractivity contribution in [2.24, 2.45) is 0 Å². The maximum Gasteiger partial charge on any atom is 0.0645 e. The molecule has 0 fully saturated rings. The van der Waals surface area contributed by atoms with E-state index in [0.29, 0.717) is 5.56 Å². The predicted octanol–water partition coefficient (Wildman–Crippen LogP) is 15.1. The van der Waals surface area contributed by atoms with E-state index in [1.165, 1.54) is 10.8 Å². The minimum atomic E-state index is -0.105. The van der Waals surface area contributed by atoms with Gasteiger partial charge in [-0.2, -0.15) is 0 Å². The highest BCUT2D eigenvalue weighted by molar-refractivity contribution is 6.10. The Balaban J connectivity index is 0.998. The highest BCUT2D eigenvalue weighted by Gasteiger charge is 2.18. The molecule has 0 N–H and O–H groups in total. The third-order valence-electron chi connectivity index (χ3n) is 10.4. The second kappa shape index (κ2) is 14.9. The van der Waals surface area contributed by atoms with Gasteiger partial charge in [-0.05, 0) is 113 Å². The van der Waals surface area contributed by atoms with Gasteiger partial charge in [0.1, 0.15) is 0 Å². The fraction of sp³-hybridized carbons (Fsp3) is 0. The summed E-state index contributed by atoms with van der Waals surface area (Å²) in [6.45, 7) is 0. The van der Waals surface area contributed by atoms with E-state index in [1.807, 2.05) is 97.1 Å². The van der Waals surface area contributed by atoms with E-state index in [1.54, 1.807) is 4.90 Å². The Morgan fingerprint density at radius 1 is 0.298 bits per heavy atom. The zero-order valence-corrected chi connectivity index (χ0v) is 31.0. The van der Waals surface area contributed by atoms with Crippen molar-refractivity contribution in [1.82, 2.24) is 4.57 Å². The Labute approximate surface area is 339 Å². The lowest BCUT2D eigenvalue weighted by Gasteiger charge is -2.26. The molecule has 0 amide bonds. The minimum Gasteiger partial charge on any atom is -0.311 e. The van der Waals surface area contributed by atoms with Crippen molar-refractivity contribution in [2.45, 2.75) is 0 Å². The fourth-order valence-electron chi connectivity index (χ4n) is 7.73. The third kappa shape index (κ3) is 6.52. The maximum absolute atomic E-state index is 9.19. The van der Waals surface area contributed by atoms with Crippen LogP contribution >= 0.6 is 0 Å². The standard InChI is InChI=1S/C54H39N3/c1-5-15-44(16-6-1)55(45-17-7-2-8-18-45)48-33-29-42(30-34-48)40-25-27-41(28-26-40)43-31-35-49(36-32-43)56(46-19-9-3-10-20-46)50-37-38-52-51-23-13-14-24-53(51)57(54(52)39-50)47-21-11-4-12-22-47/h1-39H/i29D,30D,33D,34D. The number of rotatable bonds is 9. The molecule has 3 heteroatoms. The molecular weight excluding hydrogens is 691 g/mol. The van der Waals surface area contributed by atoms with Crippen molar-refractivity contribution in [3.05, 3.63) is 236 Å². The maximum atomic E-state index is 9.19. The zero-order chi connectivity index (χ0) is 41.5. The lowest BCUT2D eigenvalue weighted by Crippen LogP contribution is -2.10. The van der Waals surface area contributed by atoms with Gasteiger partial charge < -0.3 is 14.4 Å². The van der Waals surface area contributed by atoms with E-state index in [-0.39, 0.29) is 35.4 Å². The summed E-state index contributed by atoms with van der Waals surface area (Å²) in [6, 6.07) is 71.1. The minimum absolute atomic E-state index is 0.0895. The van der Waals surface area contributed by atoms with Crippen LogP contribution in [0.5, 0.6) is 0 Å². The molecule has 1 heterocycles. The first kappa shape index (κ1) is 29.7. The fourth-order valence-corrected chi connectivity index (χ4v) is 7.73. The second-order valence-corrected chi connectivity index (χ2v) is 13.9. The van der Waals surface area contributed by atoms with Crippen LogP contribution in [0.2, 0.25) is 0 Å². The van der Waals surface area contributed by atoms with Gasteiger partial charge in [-0.1, -0.05) is 146 Å². The second-order valence-electron chi connectivity index (χ2n) is 13.9. The highest BCUT2D eigenvalue weighted by Crippen LogP contribution is 2.41. The molecule has 3 nitrogen and oxygen atoms in total. The Morgan fingerprint density at radius 3 is 1.26 bits per heavy atom. The molecule has 0 bridgehead atoms. The Bertz CT molecular complexity index is 3090. The predicted molar refractivity (Wildman–Crippen MR) is 241 cm³/mol. The van der Waals surface area contributed by atoms with Crippen molar-refractivity contribution in [3.8, 4) is 27.9 Å². The first-order chi connectivity index (χ1) is 30.0. The summed E-state index contributed by atoms with van der Waals surface area (Å²) in [4.78, 5) is 4.07. The van der Waals surface area contributed by atoms with Crippen molar-refractivity contribution in [2.75, 3.05) is 9.80 Å². The normalized spacial score (nSPS) is 12.1. The Morgan fingerprint density at radius 2 is 0.702 bits per heavy atom. The molecule has 0 aliphatic carbocycles. The smallest absolute Gasteiger partial charge is 0.0645 e. The third-order valence-corrected chi connectivity index (χ3v) is 10.4. The van der Waals surface area contributed by atoms with Crippen molar-refractivity contribution < 1.29 is 5.48 Å². The summed E-state index contributed by atoms with van der Waals surface area (Å²) in [5.41, 5.74) is 11.1. The number of para-hydroxylation sites is 5. The molecule has 270 valence electrons. The van der Waals surface area contributed by atoms with Crippen LogP contribution in [0.15, 0.2) is 236 Å². The summed E-state index contributed by atoms with van der Waals surface area (Å²) < 4.78 is 39.0. The molecule has 0 aliphatic rings. The number of hydrogen-bond donors (Lipinski definition) is 0. The lowest BCUT2D eigenvalue weighted by atomic mass is 9.99. The van der Waals surface area contributed by atoms with Crippen LogP contribution in [0.4, 0.5) is 34.1 Å². The summed E-state index contributed by atoms with van der Waals surface area (Å²) >= 11 is 0. The van der Waals surface area contributed by atoms with Gasteiger partial charge in [0.2, 0.25) is 0 Å². The molecule has 10 aromatic rings. The first-order valence-electron chi connectivity index (χ1n) is 21.1. The van der Waals surface area contributed by atoms with E-state index in [0.717, 1.165) is 56.3 Å². The van der Waals surface area contributed by atoms with Gasteiger partial charge in [0.05, 0.1) is 16.5 Å². The van der Waals surface area contributed by atoms with Crippen LogP contribution < -0.4 is 9.80 Å². The van der Waals surface area contributed by atoms with Gasteiger partial charge in [-0.3, -0.25) is 0 Å². The van der Waals surface area contributed by atoms with E-state index in [2.05, 4.69) is 125 Å². The summed E-state index contributed by atoms with van der Waals surface area (Å²) in [5, 5.41) is 2.41. The molecule has 0 spiro atoms. The average molecular weight is 734 g/mol. The van der Waals surface area contributed by atoms with Gasteiger partial charge in [0.15, 0.2) is 0 Å². The topological polar surface area (TPSA) is 11.4 Å². The van der Waals surface area contributed by atoms with Crippen LogP contribution in [0.25, 0.3) is 49.7 Å². The van der Waals surface area contributed by atoms with E-state index >= 15 is 0 Å². The quantitative estimate of drug-likeness (QED) is 0.146. The Kier molecular flexibility index (Phi) is 7.76. The van der Waals surface area contributed by atoms with Crippen LogP contribution in [0, 0.1) is 0 Å². The summed E-state index contributed by atoms with van der Waals surface area (Å²) in [5.74, 6) is 0. The number of aromatic nitrogens is 1.